The summed E-state index contributed by atoms with van der Waals surface area (Å²) >= 11 is 3.41. The van der Waals surface area contributed by atoms with Crippen molar-refractivity contribution in [3.8, 4) is 0 Å². The average molecular weight is 311 g/mol. The maximum atomic E-state index is 11.9. The molecule has 1 aromatic carbocycles. The van der Waals surface area contributed by atoms with Crippen LogP contribution in [0.4, 0.5) is 0 Å². The molecule has 18 heavy (non-hydrogen) atoms. The summed E-state index contributed by atoms with van der Waals surface area (Å²) in [6.07, 6.45) is 1.68. The topological polar surface area (TPSA) is 26.3 Å². The molecular formula is C15H19BrO2. The predicted octanol–water partition coefficient (Wildman–Crippen LogP) is 4.59. The van der Waals surface area contributed by atoms with E-state index in [0.29, 0.717) is 6.61 Å². The van der Waals surface area contributed by atoms with E-state index in [-0.39, 0.29) is 5.97 Å². The highest BCUT2D eigenvalue weighted by Crippen LogP contribution is 2.24. The first kappa shape index (κ1) is 15.0. The molecule has 0 aliphatic carbocycles. The Morgan fingerprint density at radius 1 is 1.22 bits per heavy atom. The minimum absolute atomic E-state index is 0.195. The van der Waals surface area contributed by atoms with E-state index in [1.54, 1.807) is 0 Å². The van der Waals surface area contributed by atoms with E-state index in [0.717, 1.165) is 34.0 Å². The fourth-order valence-electron chi connectivity index (χ4n) is 1.78. The number of hydrogen-bond donors (Lipinski definition) is 0. The zero-order chi connectivity index (χ0) is 13.5. The molecule has 0 fully saturated rings. The van der Waals surface area contributed by atoms with Gasteiger partial charge in [-0.05, 0) is 43.5 Å². The van der Waals surface area contributed by atoms with Crippen molar-refractivity contribution in [2.45, 2.75) is 33.6 Å². The van der Waals surface area contributed by atoms with Crippen LogP contribution >= 0.6 is 15.9 Å². The molecule has 98 valence electrons. The van der Waals surface area contributed by atoms with Gasteiger partial charge in [-0.2, -0.15) is 0 Å². The van der Waals surface area contributed by atoms with Crippen LogP contribution in [0.2, 0.25) is 0 Å². The Labute approximate surface area is 117 Å². The second-order valence-corrected chi connectivity index (χ2v) is 5.00. The Morgan fingerprint density at radius 3 is 2.33 bits per heavy atom. The highest BCUT2D eigenvalue weighted by Gasteiger charge is 2.14. The number of rotatable bonds is 5. The molecule has 0 saturated carbocycles. The summed E-state index contributed by atoms with van der Waals surface area (Å²) in [5.74, 6) is -0.195. The van der Waals surface area contributed by atoms with Crippen LogP contribution < -0.4 is 0 Å². The van der Waals surface area contributed by atoms with Crippen molar-refractivity contribution < 1.29 is 9.53 Å². The summed E-state index contributed by atoms with van der Waals surface area (Å²) in [5, 5.41) is 0. The molecule has 0 spiro atoms. The monoisotopic (exact) mass is 310 g/mol. The molecule has 0 aliphatic rings. The first-order valence-corrected chi connectivity index (χ1v) is 7.02. The van der Waals surface area contributed by atoms with Gasteiger partial charge in [-0.25, -0.2) is 4.79 Å². The van der Waals surface area contributed by atoms with Crippen LogP contribution in [0.5, 0.6) is 0 Å². The van der Waals surface area contributed by atoms with Crippen LogP contribution in [0.1, 0.15) is 39.2 Å². The number of halogens is 1. The van der Waals surface area contributed by atoms with Crippen molar-refractivity contribution >= 4 is 27.5 Å². The lowest BCUT2D eigenvalue weighted by atomic mass is 9.98. The molecular weight excluding hydrogens is 292 g/mol. The van der Waals surface area contributed by atoms with E-state index in [1.165, 1.54) is 0 Å². The SMILES string of the molecule is CCC/C(C(=O)OCC)=C(\C)c1ccc(Br)cc1. The van der Waals surface area contributed by atoms with Crippen LogP contribution in [-0.4, -0.2) is 12.6 Å². The number of benzene rings is 1. The summed E-state index contributed by atoms with van der Waals surface area (Å²) < 4.78 is 6.15. The van der Waals surface area contributed by atoms with Gasteiger partial charge in [0, 0.05) is 10.0 Å². The fourth-order valence-corrected chi connectivity index (χ4v) is 2.05. The minimum atomic E-state index is -0.195. The van der Waals surface area contributed by atoms with Crippen LogP contribution in [0.15, 0.2) is 34.3 Å². The van der Waals surface area contributed by atoms with E-state index < -0.39 is 0 Å². The standard InChI is InChI=1S/C15H19BrO2/c1-4-6-14(15(17)18-5-2)11(3)12-7-9-13(16)10-8-12/h7-10H,4-6H2,1-3H3/b14-11-. The number of carbonyl (C=O) groups excluding carboxylic acids is 1. The first-order valence-electron chi connectivity index (χ1n) is 6.23. The summed E-state index contributed by atoms with van der Waals surface area (Å²) in [6.45, 7) is 6.29. The Hall–Kier alpha value is -1.09. The second-order valence-electron chi connectivity index (χ2n) is 4.08. The maximum absolute atomic E-state index is 11.9. The largest absolute Gasteiger partial charge is 0.463 e. The van der Waals surface area contributed by atoms with Crippen LogP contribution in [0.25, 0.3) is 5.57 Å². The summed E-state index contributed by atoms with van der Waals surface area (Å²) in [6, 6.07) is 7.98. The average Bonchev–Trinajstić information content (AvgIpc) is 2.36. The normalized spacial score (nSPS) is 12.0. The molecule has 0 bridgehead atoms. The molecule has 3 heteroatoms. The first-order chi connectivity index (χ1) is 8.60. The number of ether oxygens (including phenoxy) is 1. The maximum Gasteiger partial charge on any atom is 0.334 e. The van der Waals surface area contributed by atoms with Gasteiger partial charge in [0.15, 0.2) is 0 Å². The van der Waals surface area contributed by atoms with Gasteiger partial charge in [-0.3, -0.25) is 0 Å². The van der Waals surface area contributed by atoms with E-state index in [9.17, 15) is 4.79 Å². The zero-order valence-corrected chi connectivity index (χ0v) is 12.7. The third kappa shape index (κ3) is 3.98. The Morgan fingerprint density at radius 2 is 1.83 bits per heavy atom. The van der Waals surface area contributed by atoms with Crippen molar-refractivity contribution in [2.75, 3.05) is 6.61 Å². The van der Waals surface area contributed by atoms with Gasteiger partial charge in [0.2, 0.25) is 0 Å². The van der Waals surface area contributed by atoms with Crippen molar-refractivity contribution in [3.63, 3.8) is 0 Å². The van der Waals surface area contributed by atoms with Crippen LogP contribution in [0.3, 0.4) is 0 Å². The summed E-state index contributed by atoms with van der Waals surface area (Å²) in [7, 11) is 0. The van der Waals surface area contributed by atoms with Crippen LogP contribution in [0, 0.1) is 0 Å². The fraction of sp³-hybridized carbons (Fsp3) is 0.400. The molecule has 0 amide bonds. The number of carbonyl (C=O) groups is 1. The molecule has 0 atom stereocenters. The molecule has 1 rings (SSSR count). The summed E-state index contributed by atoms with van der Waals surface area (Å²) in [5.41, 5.74) is 2.85. The number of allylic oxidation sites excluding steroid dienone is 1. The van der Waals surface area contributed by atoms with Gasteiger partial charge in [0.1, 0.15) is 0 Å². The van der Waals surface area contributed by atoms with E-state index in [4.69, 9.17) is 4.74 Å². The van der Waals surface area contributed by atoms with E-state index in [1.807, 2.05) is 38.1 Å². The lowest BCUT2D eigenvalue weighted by Gasteiger charge is -2.11. The smallest absolute Gasteiger partial charge is 0.334 e. The lowest BCUT2D eigenvalue weighted by molar-refractivity contribution is -0.138. The third-order valence-corrected chi connectivity index (χ3v) is 3.28. The lowest BCUT2D eigenvalue weighted by Crippen LogP contribution is -2.09. The summed E-state index contributed by atoms with van der Waals surface area (Å²) in [4.78, 5) is 11.9. The zero-order valence-electron chi connectivity index (χ0n) is 11.1. The quantitative estimate of drug-likeness (QED) is 0.587. The molecule has 0 heterocycles. The molecule has 0 N–H and O–H groups in total. The van der Waals surface area contributed by atoms with Gasteiger partial charge in [-0.15, -0.1) is 0 Å². The van der Waals surface area contributed by atoms with E-state index >= 15 is 0 Å². The Kier molecular flexibility index (Phi) is 6.13. The molecule has 0 aliphatic heterocycles. The van der Waals surface area contributed by atoms with Gasteiger partial charge in [0.05, 0.1) is 6.61 Å². The Bertz CT molecular complexity index is 432. The molecule has 0 unspecified atom stereocenters. The highest BCUT2D eigenvalue weighted by molar-refractivity contribution is 9.10. The van der Waals surface area contributed by atoms with Gasteiger partial charge in [-0.1, -0.05) is 41.4 Å². The third-order valence-electron chi connectivity index (χ3n) is 2.75. The van der Waals surface area contributed by atoms with Crippen LogP contribution in [-0.2, 0) is 9.53 Å². The number of hydrogen-bond acceptors (Lipinski definition) is 2. The van der Waals surface area contributed by atoms with Crippen molar-refractivity contribution in [1.82, 2.24) is 0 Å². The second kappa shape index (κ2) is 7.37. The van der Waals surface area contributed by atoms with Gasteiger partial charge in [0.25, 0.3) is 0 Å². The van der Waals surface area contributed by atoms with Crippen molar-refractivity contribution in [2.24, 2.45) is 0 Å². The molecule has 1 aromatic rings. The Balaban J connectivity index is 3.09. The highest BCUT2D eigenvalue weighted by atomic mass is 79.9. The molecule has 0 aromatic heterocycles. The van der Waals surface area contributed by atoms with Crippen molar-refractivity contribution in [1.29, 1.82) is 0 Å². The molecule has 2 nitrogen and oxygen atoms in total. The molecule has 0 radical (unpaired) electrons. The number of esters is 1. The minimum Gasteiger partial charge on any atom is -0.463 e. The van der Waals surface area contributed by atoms with Gasteiger partial charge < -0.3 is 4.74 Å². The van der Waals surface area contributed by atoms with E-state index in [2.05, 4.69) is 22.9 Å². The van der Waals surface area contributed by atoms with Crippen molar-refractivity contribution in [3.05, 3.63) is 39.9 Å². The molecule has 0 saturated heterocycles. The predicted molar refractivity (Wildman–Crippen MR) is 78.3 cm³/mol. The van der Waals surface area contributed by atoms with Gasteiger partial charge >= 0.3 is 5.97 Å².